The van der Waals surface area contributed by atoms with Crippen molar-refractivity contribution in [1.82, 2.24) is 0 Å². The Bertz CT molecular complexity index is 380. The van der Waals surface area contributed by atoms with Crippen molar-refractivity contribution in [3.05, 3.63) is 29.8 Å². The van der Waals surface area contributed by atoms with Gasteiger partial charge in [0.1, 0.15) is 5.75 Å². The minimum absolute atomic E-state index is 0.141. The number of ether oxygens (including phenoxy) is 1. The molecule has 0 aromatic heterocycles. The lowest BCUT2D eigenvalue weighted by atomic mass is 10.0. The Morgan fingerprint density at radius 2 is 1.78 bits per heavy atom. The lowest BCUT2D eigenvalue weighted by Crippen LogP contribution is -2.17. The van der Waals surface area contributed by atoms with E-state index >= 15 is 0 Å². The molecule has 2 N–H and O–H groups in total. The normalized spacial score (nSPS) is 13.7. The maximum atomic E-state index is 12.1. The molecule has 0 bridgehead atoms. The second kappa shape index (κ2) is 5.99. The highest BCUT2D eigenvalue weighted by atomic mass is 19.4. The van der Waals surface area contributed by atoms with E-state index in [1.54, 1.807) is 0 Å². The molecule has 1 rings (SSSR count). The standard InChI is InChI=1S/C11H12F5NO/c12-10(13)18-9-4-2-1-3-7(9)8(17)5-6-11(14,15)16/h1-4,8,10H,5-6,17H2/t8-/m0/s1. The number of alkyl halides is 5. The summed E-state index contributed by atoms with van der Waals surface area (Å²) in [6.07, 6.45) is -5.78. The fourth-order valence-electron chi connectivity index (χ4n) is 1.46. The Kier molecular flexibility index (Phi) is 4.89. The van der Waals surface area contributed by atoms with Crippen LogP contribution in [0.3, 0.4) is 0 Å². The molecular formula is C11H12F5NO. The first-order valence-corrected chi connectivity index (χ1v) is 5.15. The first-order chi connectivity index (χ1) is 8.29. The van der Waals surface area contributed by atoms with Crippen molar-refractivity contribution in [1.29, 1.82) is 0 Å². The van der Waals surface area contributed by atoms with Crippen LogP contribution in [0.15, 0.2) is 24.3 Å². The largest absolute Gasteiger partial charge is 0.434 e. The van der Waals surface area contributed by atoms with E-state index in [-0.39, 0.29) is 17.7 Å². The van der Waals surface area contributed by atoms with Gasteiger partial charge in [-0.15, -0.1) is 0 Å². The first-order valence-electron chi connectivity index (χ1n) is 5.15. The molecule has 1 atom stereocenters. The van der Waals surface area contributed by atoms with Crippen LogP contribution in [0.25, 0.3) is 0 Å². The second-order valence-electron chi connectivity index (χ2n) is 3.68. The SMILES string of the molecule is N[C@@H](CCC(F)(F)F)c1ccccc1OC(F)F. The van der Waals surface area contributed by atoms with Crippen molar-refractivity contribution < 1.29 is 26.7 Å². The smallest absolute Gasteiger partial charge is 0.389 e. The average Bonchev–Trinajstić information content (AvgIpc) is 2.25. The summed E-state index contributed by atoms with van der Waals surface area (Å²) < 4.78 is 64.5. The minimum Gasteiger partial charge on any atom is -0.434 e. The van der Waals surface area contributed by atoms with Gasteiger partial charge in [-0.2, -0.15) is 22.0 Å². The van der Waals surface area contributed by atoms with Gasteiger partial charge in [0, 0.05) is 18.0 Å². The molecule has 1 aromatic carbocycles. The summed E-state index contributed by atoms with van der Waals surface area (Å²) >= 11 is 0. The fourth-order valence-corrected chi connectivity index (χ4v) is 1.46. The van der Waals surface area contributed by atoms with Crippen molar-refractivity contribution in [2.45, 2.75) is 31.7 Å². The summed E-state index contributed by atoms with van der Waals surface area (Å²) in [4.78, 5) is 0. The van der Waals surface area contributed by atoms with Crippen LogP contribution in [-0.2, 0) is 0 Å². The number of rotatable bonds is 5. The third kappa shape index (κ3) is 4.87. The summed E-state index contributed by atoms with van der Waals surface area (Å²) in [5.41, 5.74) is 5.69. The predicted octanol–water partition coefficient (Wildman–Crippen LogP) is 3.63. The van der Waals surface area contributed by atoms with Gasteiger partial charge >= 0.3 is 12.8 Å². The molecule has 0 amide bonds. The van der Waals surface area contributed by atoms with Crippen LogP contribution in [0.4, 0.5) is 22.0 Å². The molecule has 0 unspecified atom stereocenters. The summed E-state index contributed by atoms with van der Waals surface area (Å²) in [5.74, 6) is -0.192. The van der Waals surface area contributed by atoms with E-state index in [9.17, 15) is 22.0 Å². The Hall–Kier alpha value is -1.37. The Morgan fingerprint density at radius 3 is 2.33 bits per heavy atom. The minimum atomic E-state index is -4.32. The van der Waals surface area contributed by atoms with Crippen molar-refractivity contribution in [2.24, 2.45) is 5.73 Å². The van der Waals surface area contributed by atoms with Gasteiger partial charge in [0.25, 0.3) is 0 Å². The molecule has 0 aliphatic heterocycles. The zero-order valence-corrected chi connectivity index (χ0v) is 9.25. The molecule has 0 radical (unpaired) electrons. The van der Waals surface area contributed by atoms with Gasteiger partial charge in [-0.1, -0.05) is 18.2 Å². The van der Waals surface area contributed by atoms with Gasteiger partial charge in [0.05, 0.1) is 0 Å². The first kappa shape index (κ1) is 14.7. The molecule has 7 heteroatoms. The molecule has 0 aliphatic carbocycles. The highest BCUT2D eigenvalue weighted by Crippen LogP contribution is 2.31. The van der Waals surface area contributed by atoms with E-state index in [4.69, 9.17) is 5.73 Å². The zero-order chi connectivity index (χ0) is 13.8. The Morgan fingerprint density at radius 1 is 1.17 bits per heavy atom. The molecular weight excluding hydrogens is 257 g/mol. The van der Waals surface area contributed by atoms with E-state index < -0.39 is 25.3 Å². The number of halogens is 5. The molecule has 18 heavy (non-hydrogen) atoms. The van der Waals surface area contributed by atoms with E-state index in [1.165, 1.54) is 24.3 Å². The highest BCUT2D eigenvalue weighted by Gasteiger charge is 2.28. The van der Waals surface area contributed by atoms with Crippen molar-refractivity contribution in [2.75, 3.05) is 0 Å². The number of hydrogen-bond acceptors (Lipinski definition) is 2. The maximum Gasteiger partial charge on any atom is 0.389 e. The van der Waals surface area contributed by atoms with Gasteiger partial charge < -0.3 is 10.5 Å². The van der Waals surface area contributed by atoms with Gasteiger partial charge in [-0.25, -0.2) is 0 Å². The quantitative estimate of drug-likeness (QED) is 0.828. The number of nitrogens with two attached hydrogens (primary N) is 1. The lowest BCUT2D eigenvalue weighted by Gasteiger charge is -2.17. The summed E-state index contributed by atoms with van der Waals surface area (Å²) in [7, 11) is 0. The number of para-hydroxylation sites is 1. The van der Waals surface area contributed by atoms with Crippen LogP contribution in [0, 0.1) is 0 Å². The number of hydrogen-bond donors (Lipinski definition) is 1. The van der Waals surface area contributed by atoms with E-state index in [2.05, 4.69) is 4.74 Å². The van der Waals surface area contributed by atoms with Crippen LogP contribution >= 0.6 is 0 Å². The Labute approximate surface area is 101 Å². The monoisotopic (exact) mass is 269 g/mol. The Balaban J connectivity index is 2.75. The fraction of sp³-hybridized carbons (Fsp3) is 0.455. The summed E-state index contributed by atoms with van der Waals surface area (Å²) in [6.45, 7) is -3.04. The van der Waals surface area contributed by atoms with Crippen LogP contribution in [-0.4, -0.2) is 12.8 Å². The molecule has 0 aliphatic rings. The van der Waals surface area contributed by atoms with Gasteiger partial charge in [-0.05, 0) is 12.5 Å². The lowest BCUT2D eigenvalue weighted by molar-refractivity contribution is -0.136. The topological polar surface area (TPSA) is 35.2 Å². The molecule has 0 spiro atoms. The van der Waals surface area contributed by atoms with Crippen molar-refractivity contribution >= 4 is 0 Å². The van der Waals surface area contributed by atoms with E-state index in [0.29, 0.717) is 0 Å². The molecule has 0 heterocycles. The summed E-state index contributed by atoms with van der Waals surface area (Å²) in [5, 5.41) is 0. The second-order valence-corrected chi connectivity index (χ2v) is 3.68. The molecule has 102 valence electrons. The highest BCUT2D eigenvalue weighted by molar-refractivity contribution is 5.35. The van der Waals surface area contributed by atoms with Gasteiger partial charge in [-0.3, -0.25) is 0 Å². The summed E-state index contributed by atoms with van der Waals surface area (Å²) in [6, 6.07) is 4.56. The molecule has 1 aromatic rings. The van der Waals surface area contributed by atoms with Crippen LogP contribution in [0.1, 0.15) is 24.4 Å². The molecule has 0 saturated heterocycles. The van der Waals surface area contributed by atoms with Crippen molar-refractivity contribution in [3.8, 4) is 5.75 Å². The third-order valence-corrected chi connectivity index (χ3v) is 2.27. The van der Waals surface area contributed by atoms with Crippen molar-refractivity contribution in [3.63, 3.8) is 0 Å². The zero-order valence-electron chi connectivity index (χ0n) is 9.25. The van der Waals surface area contributed by atoms with Crippen LogP contribution in [0.2, 0.25) is 0 Å². The molecule has 0 fully saturated rings. The van der Waals surface area contributed by atoms with E-state index in [1.807, 2.05) is 0 Å². The maximum absolute atomic E-state index is 12.1. The third-order valence-electron chi connectivity index (χ3n) is 2.27. The van der Waals surface area contributed by atoms with Gasteiger partial charge in [0.2, 0.25) is 0 Å². The van der Waals surface area contributed by atoms with Gasteiger partial charge in [0.15, 0.2) is 0 Å². The molecule has 0 saturated carbocycles. The average molecular weight is 269 g/mol. The van der Waals surface area contributed by atoms with Crippen LogP contribution in [0.5, 0.6) is 5.75 Å². The predicted molar refractivity (Wildman–Crippen MR) is 55.3 cm³/mol. The van der Waals surface area contributed by atoms with Crippen LogP contribution < -0.4 is 10.5 Å². The number of benzene rings is 1. The van der Waals surface area contributed by atoms with E-state index in [0.717, 1.165) is 0 Å². The molecule has 2 nitrogen and oxygen atoms in total.